The van der Waals surface area contributed by atoms with Gasteiger partial charge in [-0.2, -0.15) is 4.68 Å². The third kappa shape index (κ3) is 1.15. The summed E-state index contributed by atoms with van der Waals surface area (Å²) in [6.07, 6.45) is 1.32. The Labute approximate surface area is 76.3 Å². The molecule has 0 amide bonds. The minimum Gasteiger partial charge on any atom is -0.390 e. The van der Waals surface area contributed by atoms with Gasteiger partial charge < -0.3 is 5.11 Å². The smallest absolute Gasteiger partial charge is 0.285 e. The van der Waals surface area contributed by atoms with Gasteiger partial charge in [0.05, 0.1) is 18.5 Å². The molecule has 0 unspecified atom stereocenters. The van der Waals surface area contributed by atoms with E-state index in [4.69, 9.17) is 5.11 Å². The van der Waals surface area contributed by atoms with Gasteiger partial charge in [-0.1, -0.05) is 5.21 Å². The number of hydrogen-bond acceptors (Lipinski definition) is 8. The van der Waals surface area contributed by atoms with Gasteiger partial charge in [0.2, 0.25) is 5.82 Å². The lowest BCUT2D eigenvalue weighted by atomic mass is 10.5. The molecule has 0 aliphatic carbocycles. The minimum atomic E-state index is -0.293. The standard InChI is InChI=1S/C5H4N6O3/c12-2-3-1-6-10-11(3)5-4(7-13)8-14-9-5/h1,12H,2H2. The molecule has 0 bridgehead atoms. The highest BCUT2D eigenvalue weighted by molar-refractivity contribution is 5.43. The molecule has 0 radical (unpaired) electrons. The molecule has 2 aromatic rings. The zero-order chi connectivity index (χ0) is 9.97. The van der Waals surface area contributed by atoms with E-state index in [1.807, 2.05) is 0 Å². The van der Waals surface area contributed by atoms with Crippen LogP contribution in [0.15, 0.2) is 16.0 Å². The van der Waals surface area contributed by atoms with Crippen LogP contribution in [0.1, 0.15) is 5.69 Å². The Bertz CT molecular complexity index is 448. The minimum absolute atomic E-state index is 0.00144. The lowest BCUT2D eigenvalue weighted by Crippen LogP contribution is -2.02. The Morgan fingerprint density at radius 2 is 2.43 bits per heavy atom. The highest BCUT2D eigenvalue weighted by atomic mass is 16.6. The number of aliphatic hydroxyl groups is 1. The number of aliphatic hydroxyl groups excluding tert-OH is 1. The summed E-state index contributed by atoms with van der Waals surface area (Å²) in [7, 11) is 0. The van der Waals surface area contributed by atoms with Crippen molar-refractivity contribution < 1.29 is 9.74 Å². The van der Waals surface area contributed by atoms with Gasteiger partial charge in [0.1, 0.15) is 0 Å². The summed E-state index contributed by atoms with van der Waals surface area (Å²) in [6, 6.07) is 0. The molecule has 9 heteroatoms. The number of rotatable bonds is 3. The van der Waals surface area contributed by atoms with Gasteiger partial charge in [-0.15, -0.1) is 10.0 Å². The quantitative estimate of drug-likeness (QED) is 0.659. The van der Waals surface area contributed by atoms with Gasteiger partial charge in [0.15, 0.2) is 0 Å². The molecule has 14 heavy (non-hydrogen) atoms. The molecule has 9 nitrogen and oxygen atoms in total. The first kappa shape index (κ1) is 8.44. The fourth-order valence-corrected chi connectivity index (χ4v) is 0.913. The molecule has 0 fully saturated rings. The topological polar surface area (TPSA) is 119 Å². The molecular formula is C5H4N6O3. The van der Waals surface area contributed by atoms with Crippen LogP contribution in [0.5, 0.6) is 0 Å². The Hall–Kier alpha value is -2.16. The van der Waals surface area contributed by atoms with E-state index in [-0.39, 0.29) is 18.2 Å². The molecule has 0 saturated carbocycles. The molecule has 0 aliphatic heterocycles. The summed E-state index contributed by atoms with van der Waals surface area (Å²) < 4.78 is 5.41. The molecule has 1 N–H and O–H groups in total. The van der Waals surface area contributed by atoms with Gasteiger partial charge in [-0.3, -0.25) is 0 Å². The lowest BCUT2D eigenvalue weighted by Gasteiger charge is -1.96. The zero-order valence-electron chi connectivity index (χ0n) is 6.73. The van der Waals surface area contributed by atoms with Crippen molar-refractivity contribution >= 4 is 5.82 Å². The monoisotopic (exact) mass is 196 g/mol. The summed E-state index contributed by atoms with van der Waals surface area (Å²) in [5, 5.41) is 25.2. The molecule has 72 valence electrons. The first-order valence-corrected chi connectivity index (χ1v) is 3.53. The average Bonchev–Trinajstić information content (AvgIpc) is 2.85. The second kappa shape index (κ2) is 3.30. The van der Waals surface area contributed by atoms with Crippen LogP contribution in [0.2, 0.25) is 0 Å². The molecule has 0 saturated heterocycles. The van der Waals surface area contributed by atoms with Crippen LogP contribution in [0.25, 0.3) is 5.82 Å². The van der Waals surface area contributed by atoms with Crippen molar-refractivity contribution in [2.75, 3.05) is 0 Å². The van der Waals surface area contributed by atoms with Crippen molar-refractivity contribution in [1.29, 1.82) is 0 Å². The van der Waals surface area contributed by atoms with Gasteiger partial charge in [0.25, 0.3) is 5.82 Å². The summed E-state index contributed by atoms with van der Waals surface area (Å²) in [5.41, 5.74) is 0.352. The van der Waals surface area contributed by atoms with Crippen LogP contribution in [0.4, 0.5) is 5.82 Å². The maximum atomic E-state index is 10.2. The summed E-state index contributed by atoms with van der Waals surface area (Å²) in [5.74, 6) is -0.244. The van der Waals surface area contributed by atoms with Gasteiger partial charge >= 0.3 is 0 Å². The first-order chi connectivity index (χ1) is 6.86. The fourth-order valence-electron chi connectivity index (χ4n) is 0.913. The van der Waals surface area contributed by atoms with E-state index in [1.165, 1.54) is 6.20 Å². The highest BCUT2D eigenvalue weighted by Crippen LogP contribution is 2.17. The summed E-state index contributed by atoms with van der Waals surface area (Å²) in [6.45, 7) is -0.293. The van der Waals surface area contributed by atoms with Crippen LogP contribution in [0.3, 0.4) is 0 Å². The molecule has 2 heterocycles. The third-order valence-corrected chi connectivity index (χ3v) is 1.52. The van der Waals surface area contributed by atoms with Gasteiger partial charge in [0, 0.05) is 0 Å². The normalized spacial score (nSPS) is 10.4. The van der Waals surface area contributed by atoms with E-state index in [0.29, 0.717) is 5.69 Å². The van der Waals surface area contributed by atoms with E-state index < -0.39 is 0 Å². The van der Waals surface area contributed by atoms with Crippen LogP contribution in [-0.2, 0) is 6.61 Å². The van der Waals surface area contributed by atoms with Crippen molar-refractivity contribution in [2.24, 2.45) is 5.18 Å². The van der Waals surface area contributed by atoms with E-state index in [2.05, 4.69) is 30.4 Å². The van der Waals surface area contributed by atoms with Crippen molar-refractivity contribution in [1.82, 2.24) is 25.3 Å². The molecule has 0 aliphatic rings. The van der Waals surface area contributed by atoms with E-state index >= 15 is 0 Å². The number of nitroso groups, excluding NO2 is 1. The van der Waals surface area contributed by atoms with E-state index in [9.17, 15) is 4.91 Å². The maximum absolute atomic E-state index is 10.2. The summed E-state index contributed by atoms with van der Waals surface area (Å²) >= 11 is 0. The molecule has 0 aromatic carbocycles. The van der Waals surface area contributed by atoms with Gasteiger partial charge in [-0.25, -0.2) is 4.63 Å². The number of aromatic nitrogens is 5. The first-order valence-electron chi connectivity index (χ1n) is 3.53. The number of nitrogens with zero attached hydrogens (tertiary/aromatic N) is 6. The van der Waals surface area contributed by atoms with Crippen molar-refractivity contribution in [2.45, 2.75) is 6.61 Å². The Morgan fingerprint density at radius 3 is 3.14 bits per heavy atom. The second-order valence-electron chi connectivity index (χ2n) is 2.30. The van der Waals surface area contributed by atoms with Crippen LogP contribution >= 0.6 is 0 Å². The van der Waals surface area contributed by atoms with E-state index in [1.54, 1.807) is 0 Å². The Morgan fingerprint density at radius 1 is 1.57 bits per heavy atom. The van der Waals surface area contributed by atoms with Crippen LogP contribution in [-0.4, -0.2) is 30.4 Å². The molecule has 0 spiro atoms. The molecule has 2 aromatic heterocycles. The average molecular weight is 196 g/mol. The van der Waals surface area contributed by atoms with Crippen molar-refractivity contribution in [3.05, 3.63) is 16.8 Å². The van der Waals surface area contributed by atoms with Gasteiger partial charge in [-0.05, 0) is 15.5 Å². The van der Waals surface area contributed by atoms with Crippen molar-refractivity contribution in [3.8, 4) is 5.82 Å². The fraction of sp³-hybridized carbons (Fsp3) is 0.200. The SMILES string of the molecule is O=Nc1nonc1-n1nncc1CO. The van der Waals surface area contributed by atoms with Crippen molar-refractivity contribution in [3.63, 3.8) is 0 Å². The Balaban J connectivity index is 2.53. The Kier molecular flexibility index (Phi) is 1.99. The second-order valence-corrected chi connectivity index (χ2v) is 2.30. The summed E-state index contributed by atoms with van der Waals surface area (Å²) in [4.78, 5) is 10.2. The molecule has 0 atom stereocenters. The third-order valence-electron chi connectivity index (χ3n) is 1.52. The van der Waals surface area contributed by atoms with Crippen LogP contribution in [0, 0.1) is 4.91 Å². The zero-order valence-corrected chi connectivity index (χ0v) is 6.73. The lowest BCUT2D eigenvalue weighted by molar-refractivity contribution is 0.271. The van der Waals surface area contributed by atoms with E-state index in [0.717, 1.165) is 4.68 Å². The molecular weight excluding hydrogens is 192 g/mol. The highest BCUT2D eigenvalue weighted by Gasteiger charge is 2.16. The molecule has 2 rings (SSSR count). The maximum Gasteiger partial charge on any atom is 0.285 e. The largest absolute Gasteiger partial charge is 0.390 e. The predicted octanol–water partition coefficient (Wildman–Crippen LogP) is -0.460. The van der Waals surface area contributed by atoms with Crippen LogP contribution < -0.4 is 0 Å². The predicted molar refractivity (Wildman–Crippen MR) is 40.6 cm³/mol. The number of hydrogen-bond donors (Lipinski definition) is 1.